The standard InChI is InChI=1S/C30H34ClN3O5/c1-19-16-32-17-25(38-24-9-7-8-23(31)27(24)28(35)37-6)26(19)21-10-12-22(13-11-21)33-14-15-34(20(2)18-33)29(36)39-30(3,4)5/h7-13,16-17,20H,14-15,18H2,1-6H3/t20-/m0/s1. The first-order valence-corrected chi connectivity index (χ1v) is 13.2. The minimum Gasteiger partial charge on any atom is -0.465 e. The molecule has 1 atom stereocenters. The maximum atomic E-state index is 12.6. The Morgan fingerprint density at radius 3 is 2.38 bits per heavy atom. The number of hydrogen-bond donors (Lipinski definition) is 0. The van der Waals surface area contributed by atoms with Crippen LogP contribution in [0.3, 0.4) is 0 Å². The number of aromatic nitrogens is 1. The highest BCUT2D eigenvalue weighted by atomic mass is 35.5. The van der Waals surface area contributed by atoms with Crippen molar-refractivity contribution in [2.24, 2.45) is 0 Å². The van der Waals surface area contributed by atoms with Crippen LogP contribution in [-0.2, 0) is 9.47 Å². The van der Waals surface area contributed by atoms with Crippen LogP contribution in [0.2, 0.25) is 5.02 Å². The number of halogens is 1. The van der Waals surface area contributed by atoms with E-state index in [9.17, 15) is 9.59 Å². The number of carbonyl (C=O) groups is 2. The van der Waals surface area contributed by atoms with Crippen LogP contribution in [-0.4, -0.2) is 60.3 Å². The minimum absolute atomic E-state index is 0.0115. The van der Waals surface area contributed by atoms with Gasteiger partial charge in [0.2, 0.25) is 0 Å². The first kappa shape index (κ1) is 28.2. The van der Waals surface area contributed by atoms with Crippen molar-refractivity contribution in [3.8, 4) is 22.6 Å². The molecule has 2 heterocycles. The van der Waals surface area contributed by atoms with Crippen molar-refractivity contribution in [3.63, 3.8) is 0 Å². The monoisotopic (exact) mass is 551 g/mol. The molecule has 39 heavy (non-hydrogen) atoms. The summed E-state index contributed by atoms with van der Waals surface area (Å²) in [5, 5.41) is 0.242. The third-order valence-corrected chi connectivity index (χ3v) is 6.78. The normalized spacial score (nSPS) is 15.6. The second-order valence-corrected chi connectivity index (χ2v) is 11.0. The lowest BCUT2D eigenvalue weighted by atomic mass is 10.0. The van der Waals surface area contributed by atoms with Gasteiger partial charge in [-0.1, -0.05) is 29.8 Å². The number of pyridine rings is 1. The molecule has 1 aliphatic heterocycles. The van der Waals surface area contributed by atoms with Crippen molar-refractivity contribution in [2.75, 3.05) is 31.6 Å². The van der Waals surface area contributed by atoms with Crippen molar-refractivity contribution < 1.29 is 23.8 Å². The van der Waals surface area contributed by atoms with Crippen LogP contribution < -0.4 is 9.64 Å². The molecule has 1 amide bonds. The van der Waals surface area contributed by atoms with E-state index in [4.69, 9.17) is 25.8 Å². The van der Waals surface area contributed by atoms with Crippen molar-refractivity contribution in [2.45, 2.75) is 46.3 Å². The van der Waals surface area contributed by atoms with Gasteiger partial charge in [0, 0.05) is 43.1 Å². The number of esters is 1. The fraction of sp³-hybridized carbons (Fsp3) is 0.367. The molecule has 1 fully saturated rings. The molecule has 0 N–H and O–H groups in total. The van der Waals surface area contributed by atoms with Crippen LogP contribution in [0, 0.1) is 6.92 Å². The van der Waals surface area contributed by atoms with E-state index in [2.05, 4.69) is 22.0 Å². The van der Waals surface area contributed by atoms with Crippen molar-refractivity contribution >= 4 is 29.4 Å². The third-order valence-electron chi connectivity index (χ3n) is 6.46. The second-order valence-electron chi connectivity index (χ2n) is 10.6. The Morgan fingerprint density at radius 1 is 1.03 bits per heavy atom. The minimum atomic E-state index is -0.580. The number of carbonyl (C=O) groups excluding carboxylic acids is 2. The summed E-state index contributed by atoms with van der Waals surface area (Å²) in [6.45, 7) is 11.6. The number of ether oxygens (including phenoxy) is 3. The third kappa shape index (κ3) is 6.45. The lowest BCUT2D eigenvalue weighted by Gasteiger charge is -2.41. The summed E-state index contributed by atoms with van der Waals surface area (Å²) in [5.74, 6) is 0.203. The van der Waals surface area contributed by atoms with E-state index in [1.165, 1.54) is 7.11 Å². The first-order valence-electron chi connectivity index (χ1n) is 12.8. The van der Waals surface area contributed by atoms with Crippen LogP contribution in [0.15, 0.2) is 54.9 Å². The van der Waals surface area contributed by atoms with Crippen LogP contribution in [0.25, 0.3) is 11.1 Å². The molecule has 1 saturated heterocycles. The highest BCUT2D eigenvalue weighted by Gasteiger charge is 2.31. The number of hydrogen-bond acceptors (Lipinski definition) is 7. The van der Waals surface area contributed by atoms with Crippen molar-refractivity contribution in [1.82, 2.24) is 9.88 Å². The number of benzene rings is 2. The van der Waals surface area contributed by atoms with Crippen LogP contribution in [0.5, 0.6) is 11.5 Å². The van der Waals surface area contributed by atoms with E-state index in [0.29, 0.717) is 25.4 Å². The van der Waals surface area contributed by atoms with Gasteiger partial charge in [0.1, 0.15) is 16.9 Å². The summed E-state index contributed by atoms with van der Waals surface area (Å²) in [7, 11) is 1.30. The molecule has 0 unspecified atom stereocenters. The zero-order valence-corrected chi connectivity index (χ0v) is 23.9. The molecule has 9 heteroatoms. The van der Waals surface area contributed by atoms with Gasteiger partial charge in [-0.15, -0.1) is 0 Å². The van der Waals surface area contributed by atoms with Crippen LogP contribution in [0.4, 0.5) is 10.5 Å². The molecular formula is C30H34ClN3O5. The van der Waals surface area contributed by atoms with E-state index in [-0.39, 0.29) is 28.5 Å². The molecule has 1 aliphatic rings. The maximum Gasteiger partial charge on any atom is 0.410 e. The van der Waals surface area contributed by atoms with E-state index in [1.54, 1.807) is 35.5 Å². The Balaban J connectivity index is 1.55. The molecule has 206 valence electrons. The quantitative estimate of drug-likeness (QED) is 0.325. The smallest absolute Gasteiger partial charge is 0.410 e. The zero-order valence-electron chi connectivity index (χ0n) is 23.2. The van der Waals surface area contributed by atoms with Gasteiger partial charge in [0.25, 0.3) is 0 Å². The molecule has 3 aromatic rings. The molecule has 8 nitrogen and oxygen atoms in total. The van der Waals surface area contributed by atoms with E-state index < -0.39 is 11.6 Å². The molecule has 2 aromatic carbocycles. The lowest BCUT2D eigenvalue weighted by molar-refractivity contribution is 0.0159. The molecule has 4 rings (SSSR count). The van der Waals surface area contributed by atoms with E-state index >= 15 is 0 Å². The zero-order chi connectivity index (χ0) is 28.3. The van der Waals surface area contributed by atoms with E-state index in [1.807, 2.05) is 46.8 Å². The van der Waals surface area contributed by atoms with Gasteiger partial charge in [0.05, 0.1) is 18.3 Å². The van der Waals surface area contributed by atoms with Gasteiger partial charge >= 0.3 is 12.1 Å². The fourth-order valence-corrected chi connectivity index (χ4v) is 4.86. The molecule has 0 saturated carbocycles. The summed E-state index contributed by atoms with van der Waals surface area (Å²) < 4.78 is 16.7. The number of aryl methyl sites for hydroxylation is 1. The van der Waals surface area contributed by atoms with Gasteiger partial charge < -0.3 is 24.0 Å². The predicted molar refractivity (Wildman–Crippen MR) is 152 cm³/mol. The average molecular weight is 552 g/mol. The van der Waals surface area contributed by atoms with Crippen LogP contribution >= 0.6 is 11.6 Å². The molecule has 0 radical (unpaired) electrons. The molecule has 1 aromatic heterocycles. The van der Waals surface area contributed by atoms with Gasteiger partial charge in [-0.2, -0.15) is 0 Å². The summed E-state index contributed by atoms with van der Waals surface area (Å²) in [6, 6.07) is 13.2. The maximum absolute atomic E-state index is 12.6. The number of rotatable bonds is 5. The Hall–Kier alpha value is -3.78. The largest absolute Gasteiger partial charge is 0.465 e. The summed E-state index contributed by atoms with van der Waals surface area (Å²) in [6.07, 6.45) is 3.11. The number of amides is 1. The number of methoxy groups -OCH3 is 1. The molecule has 0 aliphatic carbocycles. The SMILES string of the molecule is COC(=O)c1c(Cl)cccc1Oc1cncc(C)c1-c1ccc(N2CCN(C(=O)OC(C)(C)C)[C@@H](C)C2)cc1. The number of nitrogens with zero attached hydrogens (tertiary/aromatic N) is 3. The molecule has 0 bridgehead atoms. The topological polar surface area (TPSA) is 81.2 Å². The van der Waals surface area contributed by atoms with Crippen LogP contribution in [0.1, 0.15) is 43.6 Å². The van der Waals surface area contributed by atoms with Gasteiger partial charge in [-0.3, -0.25) is 4.98 Å². The van der Waals surface area contributed by atoms with E-state index in [0.717, 1.165) is 22.4 Å². The Labute approximate surface area is 234 Å². The number of anilines is 1. The average Bonchev–Trinajstić information content (AvgIpc) is 2.87. The highest BCUT2D eigenvalue weighted by Crippen LogP contribution is 2.38. The van der Waals surface area contributed by atoms with Crippen molar-refractivity contribution in [3.05, 3.63) is 71.0 Å². The molecule has 0 spiro atoms. The Morgan fingerprint density at radius 2 is 1.74 bits per heavy atom. The summed E-state index contributed by atoms with van der Waals surface area (Å²) in [4.78, 5) is 33.3. The van der Waals surface area contributed by atoms with Gasteiger partial charge in [-0.25, -0.2) is 9.59 Å². The Kier molecular flexibility index (Phi) is 8.35. The van der Waals surface area contributed by atoms with Gasteiger partial charge in [-0.05, 0) is 70.0 Å². The van der Waals surface area contributed by atoms with Crippen molar-refractivity contribution in [1.29, 1.82) is 0 Å². The van der Waals surface area contributed by atoms with Gasteiger partial charge in [0.15, 0.2) is 5.75 Å². The highest BCUT2D eigenvalue weighted by molar-refractivity contribution is 6.34. The summed E-state index contributed by atoms with van der Waals surface area (Å²) >= 11 is 6.28. The number of piperazine rings is 1. The lowest BCUT2D eigenvalue weighted by Crippen LogP contribution is -2.55. The Bertz CT molecular complexity index is 1350. The first-order chi connectivity index (χ1) is 18.5. The molecular weight excluding hydrogens is 518 g/mol. The second kappa shape index (κ2) is 11.5. The fourth-order valence-electron chi connectivity index (χ4n) is 4.62. The predicted octanol–water partition coefficient (Wildman–Crippen LogP) is 6.73. The summed E-state index contributed by atoms with van der Waals surface area (Å²) in [5.41, 5.74) is 3.41.